The fourth-order valence-electron chi connectivity index (χ4n) is 1.98. The number of rotatable bonds is 3. The number of fused-ring (bicyclic) bond motifs is 1. The highest BCUT2D eigenvalue weighted by Gasteiger charge is 2.13. The summed E-state index contributed by atoms with van der Waals surface area (Å²) in [5.74, 6) is -1.01. The first kappa shape index (κ1) is 12.9. The van der Waals surface area contributed by atoms with Crippen molar-refractivity contribution < 1.29 is 9.21 Å². The zero-order chi connectivity index (χ0) is 14.8. The van der Waals surface area contributed by atoms with E-state index >= 15 is 0 Å². The molecule has 0 radical (unpaired) electrons. The number of anilines is 2. The Labute approximate surface area is 119 Å². The van der Waals surface area contributed by atoms with E-state index in [1.54, 1.807) is 36.4 Å². The number of carbonyl (C=O) groups excluding carboxylic acids is 1. The maximum atomic E-state index is 12.0. The summed E-state index contributed by atoms with van der Waals surface area (Å²) >= 11 is 0. The van der Waals surface area contributed by atoms with E-state index in [1.165, 1.54) is 10.8 Å². The van der Waals surface area contributed by atoms with Gasteiger partial charge in [-0.1, -0.05) is 12.1 Å². The average molecular weight is 284 g/mol. The molecule has 7 nitrogen and oxygen atoms in total. The molecule has 0 unspecified atom stereocenters. The van der Waals surface area contributed by atoms with Gasteiger partial charge >= 0.3 is 5.76 Å². The summed E-state index contributed by atoms with van der Waals surface area (Å²) in [5, 5.41) is 2.65. The topological polar surface area (TPSA) is 103 Å². The highest BCUT2D eigenvalue weighted by molar-refractivity contribution is 5.94. The van der Waals surface area contributed by atoms with E-state index in [0.717, 1.165) is 0 Å². The summed E-state index contributed by atoms with van der Waals surface area (Å²) in [6.07, 6.45) is 1.53. The molecule has 1 aromatic carbocycles. The first-order valence-electron chi connectivity index (χ1n) is 6.24. The van der Waals surface area contributed by atoms with Crippen molar-refractivity contribution in [1.29, 1.82) is 0 Å². The van der Waals surface area contributed by atoms with Gasteiger partial charge in [-0.15, -0.1) is 0 Å². The van der Waals surface area contributed by atoms with E-state index < -0.39 is 5.76 Å². The van der Waals surface area contributed by atoms with E-state index in [4.69, 9.17) is 10.2 Å². The summed E-state index contributed by atoms with van der Waals surface area (Å²) in [4.78, 5) is 27.8. The minimum absolute atomic E-state index is 0.197. The van der Waals surface area contributed by atoms with Crippen LogP contribution < -0.4 is 16.8 Å². The molecule has 3 rings (SSSR count). The Morgan fingerprint density at radius 3 is 2.90 bits per heavy atom. The quantitative estimate of drug-likeness (QED) is 0.704. The van der Waals surface area contributed by atoms with Crippen LogP contribution in [-0.2, 0) is 11.3 Å². The third-order valence-electron chi connectivity index (χ3n) is 2.96. The zero-order valence-electron chi connectivity index (χ0n) is 10.9. The summed E-state index contributed by atoms with van der Waals surface area (Å²) in [7, 11) is 0. The van der Waals surface area contributed by atoms with Crippen molar-refractivity contribution in [3.63, 3.8) is 0 Å². The summed E-state index contributed by atoms with van der Waals surface area (Å²) < 4.78 is 6.18. The maximum Gasteiger partial charge on any atom is 0.421 e. The number of nitrogen functional groups attached to an aromatic ring is 1. The minimum Gasteiger partial charge on any atom is -0.406 e. The van der Waals surface area contributed by atoms with Crippen molar-refractivity contribution in [1.82, 2.24) is 9.55 Å². The van der Waals surface area contributed by atoms with Crippen LogP contribution in [0.15, 0.2) is 51.8 Å². The van der Waals surface area contributed by atoms with Gasteiger partial charge < -0.3 is 15.5 Å². The zero-order valence-corrected chi connectivity index (χ0v) is 10.9. The second-order valence-corrected chi connectivity index (χ2v) is 4.41. The summed E-state index contributed by atoms with van der Waals surface area (Å²) in [6, 6.07) is 10.2. The van der Waals surface area contributed by atoms with Gasteiger partial charge in [-0.2, -0.15) is 0 Å². The lowest BCUT2D eigenvalue weighted by Gasteiger charge is -2.07. The lowest BCUT2D eigenvalue weighted by Crippen LogP contribution is -2.25. The first-order chi connectivity index (χ1) is 10.1. The maximum absolute atomic E-state index is 12.0. The third-order valence-corrected chi connectivity index (χ3v) is 2.96. The number of para-hydroxylation sites is 2. The lowest BCUT2D eigenvalue weighted by molar-refractivity contribution is -0.116. The van der Waals surface area contributed by atoms with Crippen LogP contribution in [0.25, 0.3) is 11.2 Å². The van der Waals surface area contributed by atoms with Crippen LogP contribution in [0, 0.1) is 0 Å². The molecule has 21 heavy (non-hydrogen) atoms. The van der Waals surface area contributed by atoms with Crippen molar-refractivity contribution in [3.05, 3.63) is 53.1 Å². The standard InChI is InChI=1S/C14H12N4O3/c15-9-4-1-2-5-10(9)17-12(19)8-18-13-11(21-14(18)20)6-3-7-16-13/h1-7H,8,15H2,(H,17,19). The van der Waals surface area contributed by atoms with Crippen molar-refractivity contribution in [3.8, 4) is 0 Å². The third kappa shape index (κ3) is 2.48. The average Bonchev–Trinajstić information content (AvgIpc) is 2.78. The van der Waals surface area contributed by atoms with Crippen molar-refractivity contribution in [2.45, 2.75) is 6.54 Å². The molecule has 0 fully saturated rings. The predicted octanol–water partition coefficient (Wildman–Crippen LogP) is 1.21. The lowest BCUT2D eigenvalue weighted by atomic mass is 10.2. The van der Waals surface area contributed by atoms with Gasteiger partial charge in [-0.05, 0) is 24.3 Å². The van der Waals surface area contributed by atoms with Gasteiger partial charge in [0.15, 0.2) is 11.2 Å². The number of carbonyl (C=O) groups is 1. The molecule has 7 heteroatoms. The molecule has 2 heterocycles. The Morgan fingerprint density at radius 1 is 1.29 bits per heavy atom. The van der Waals surface area contributed by atoms with Crippen molar-refractivity contribution in [2.75, 3.05) is 11.1 Å². The molecule has 0 saturated carbocycles. The van der Waals surface area contributed by atoms with E-state index in [2.05, 4.69) is 10.3 Å². The Morgan fingerprint density at radius 2 is 2.10 bits per heavy atom. The number of nitrogens with zero attached hydrogens (tertiary/aromatic N) is 2. The van der Waals surface area contributed by atoms with Crippen LogP contribution in [-0.4, -0.2) is 15.5 Å². The molecule has 0 bridgehead atoms. The van der Waals surface area contributed by atoms with E-state index in [-0.39, 0.29) is 12.5 Å². The minimum atomic E-state index is -0.625. The molecular formula is C14H12N4O3. The fraction of sp³-hybridized carbons (Fsp3) is 0.0714. The second-order valence-electron chi connectivity index (χ2n) is 4.41. The first-order valence-corrected chi connectivity index (χ1v) is 6.24. The Kier molecular flexibility index (Phi) is 3.15. The number of benzene rings is 1. The Hall–Kier alpha value is -3.09. The van der Waals surface area contributed by atoms with Gasteiger partial charge in [0.05, 0.1) is 11.4 Å². The number of nitrogens with one attached hydrogen (secondary N) is 1. The molecule has 3 aromatic rings. The fourth-order valence-corrected chi connectivity index (χ4v) is 1.98. The molecular weight excluding hydrogens is 272 g/mol. The number of oxazole rings is 1. The van der Waals surface area contributed by atoms with Gasteiger partial charge in [0.25, 0.3) is 0 Å². The molecule has 0 aliphatic heterocycles. The SMILES string of the molecule is Nc1ccccc1NC(=O)Cn1c(=O)oc2cccnc21. The van der Waals surface area contributed by atoms with E-state index in [9.17, 15) is 9.59 Å². The highest BCUT2D eigenvalue weighted by atomic mass is 16.4. The molecule has 0 spiro atoms. The predicted molar refractivity (Wildman–Crippen MR) is 77.8 cm³/mol. The van der Waals surface area contributed by atoms with E-state index in [1.807, 2.05) is 0 Å². The van der Waals surface area contributed by atoms with E-state index in [0.29, 0.717) is 22.6 Å². The summed E-state index contributed by atoms with van der Waals surface area (Å²) in [6.45, 7) is -0.197. The molecule has 0 aliphatic rings. The van der Waals surface area contributed by atoms with Crippen LogP contribution in [0.2, 0.25) is 0 Å². The molecule has 1 amide bonds. The number of aromatic nitrogens is 2. The number of amides is 1. The monoisotopic (exact) mass is 284 g/mol. The number of hydrogen-bond donors (Lipinski definition) is 2. The second kappa shape index (κ2) is 5.12. The number of pyridine rings is 1. The van der Waals surface area contributed by atoms with Gasteiger partial charge in [-0.3, -0.25) is 4.79 Å². The Balaban J connectivity index is 1.86. The molecule has 0 atom stereocenters. The van der Waals surface area contributed by atoms with Gasteiger partial charge in [0, 0.05) is 6.20 Å². The van der Waals surface area contributed by atoms with Crippen LogP contribution in [0.4, 0.5) is 11.4 Å². The molecule has 3 N–H and O–H groups in total. The number of nitrogens with two attached hydrogens (primary N) is 1. The van der Waals surface area contributed by atoms with Crippen molar-refractivity contribution >= 4 is 28.5 Å². The van der Waals surface area contributed by atoms with Crippen LogP contribution in [0.1, 0.15) is 0 Å². The van der Waals surface area contributed by atoms with Gasteiger partial charge in [0.1, 0.15) is 6.54 Å². The summed E-state index contributed by atoms with van der Waals surface area (Å²) in [5.41, 5.74) is 7.37. The molecule has 2 aromatic heterocycles. The highest BCUT2D eigenvalue weighted by Crippen LogP contribution is 2.16. The van der Waals surface area contributed by atoms with Crippen LogP contribution in [0.5, 0.6) is 0 Å². The Bertz CT molecular complexity index is 866. The van der Waals surface area contributed by atoms with Gasteiger partial charge in [0.2, 0.25) is 5.91 Å². The van der Waals surface area contributed by atoms with Gasteiger partial charge in [-0.25, -0.2) is 14.3 Å². The number of hydrogen-bond acceptors (Lipinski definition) is 5. The molecule has 0 saturated heterocycles. The van der Waals surface area contributed by atoms with Crippen LogP contribution >= 0.6 is 0 Å². The molecule has 0 aliphatic carbocycles. The molecule has 106 valence electrons. The van der Waals surface area contributed by atoms with Crippen molar-refractivity contribution in [2.24, 2.45) is 0 Å². The largest absolute Gasteiger partial charge is 0.421 e. The van der Waals surface area contributed by atoms with Crippen LogP contribution in [0.3, 0.4) is 0 Å². The smallest absolute Gasteiger partial charge is 0.406 e. The normalized spacial score (nSPS) is 10.7.